The van der Waals surface area contributed by atoms with Gasteiger partial charge in [0.2, 0.25) is 0 Å². The van der Waals surface area contributed by atoms with Crippen molar-refractivity contribution in [1.29, 1.82) is 0 Å². The largest absolute Gasteiger partial charge is 0.328 e. The van der Waals surface area contributed by atoms with Gasteiger partial charge >= 0.3 is 0 Å². The van der Waals surface area contributed by atoms with Gasteiger partial charge in [-0.2, -0.15) is 0 Å². The second-order valence-electron chi connectivity index (χ2n) is 6.84. The molecule has 1 aliphatic heterocycles. The third kappa shape index (κ3) is 3.54. The first-order valence-corrected chi connectivity index (χ1v) is 10.1. The summed E-state index contributed by atoms with van der Waals surface area (Å²) in [7, 11) is 0. The summed E-state index contributed by atoms with van der Waals surface area (Å²) in [6.45, 7) is 4.63. The van der Waals surface area contributed by atoms with Crippen LogP contribution < -0.4 is 0 Å². The van der Waals surface area contributed by atoms with Crippen molar-refractivity contribution in [2.24, 2.45) is 0 Å². The predicted octanol–water partition coefficient (Wildman–Crippen LogP) is 5.62. The fourth-order valence-electron chi connectivity index (χ4n) is 3.71. The molecule has 0 bridgehead atoms. The van der Waals surface area contributed by atoms with Crippen LogP contribution in [0.15, 0.2) is 73.1 Å². The lowest BCUT2D eigenvalue weighted by Gasteiger charge is -2.16. The van der Waals surface area contributed by atoms with E-state index in [4.69, 9.17) is 0 Å². The van der Waals surface area contributed by atoms with Gasteiger partial charge in [0.15, 0.2) is 0 Å². The minimum absolute atomic E-state index is 0.105. The Hall–Kier alpha value is -3.60. The highest BCUT2D eigenvalue weighted by Gasteiger charge is 2.28. The van der Waals surface area contributed by atoms with Crippen molar-refractivity contribution in [1.82, 2.24) is 14.9 Å². The van der Waals surface area contributed by atoms with Gasteiger partial charge < -0.3 is 4.90 Å². The van der Waals surface area contributed by atoms with Crippen molar-refractivity contribution in [2.75, 3.05) is 0 Å². The van der Waals surface area contributed by atoms with Crippen molar-refractivity contribution in [3.05, 3.63) is 95.7 Å². The van der Waals surface area contributed by atoms with E-state index in [9.17, 15) is 9.18 Å². The van der Waals surface area contributed by atoms with Crippen LogP contribution >= 0.6 is 0 Å². The Morgan fingerprint density at radius 1 is 0.933 bits per heavy atom. The minimum Gasteiger partial charge on any atom is -0.328 e. The van der Waals surface area contributed by atoms with E-state index in [0.29, 0.717) is 17.7 Å². The standard InChI is InChI=1S/C23H16FN3O.C2H6/c24-20-12-15(17-4-1-7-21-18(17)5-2-10-25-21)8-9-16(20)13-27-14-22-19(23(27)28)6-3-11-26-22;1-2/h1-12H,13-14H2;1-2H3. The molecule has 0 saturated carbocycles. The lowest BCUT2D eigenvalue weighted by atomic mass is 9.99. The molecule has 5 heteroatoms. The summed E-state index contributed by atoms with van der Waals surface area (Å²) in [5.41, 5.74) is 4.43. The SMILES string of the molecule is CC.O=C1c2cccnc2CN1Cc1ccc(-c2cccc3ncccc23)cc1F. The number of amides is 1. The molecule has 5 rings (SSSR count). The van der Waals surface area contributed by atoms with Crippen LogP contribution in [0.1, 0.15) is 35.5 Å². The molecule has 1 aliphatic rings. The molecule has 4 aromatic rings. The predicted molar refractivity (Wildman–Crippen MR) is 116 cm³/mol. The number of benzene rings is 2. The summed E-state index contributed by atoms with van der Waals surface area (Å²) < 4.78 is 14.9. The van der Waals surface area contributed by atoms with Gasteiger partial charge in [-0.3, -0.25) is 14.8 Å². The summed E-state index contributed by atoms with van der Waals surface area (Å²) in [6, 6.07) is 18.4. The zero-order valence-electron chi connectivity index (χ0n) is 17.0. The molecule has 150 valence electrons. The minimum atomic E-state index is -0.324. The molecule has 0 radical (unpaired) electrons. The summed E-state index contributed by atoms with van der Waals surface area (Å²) in [4.78, 5) is 22.7. The number of carbonyl (C=O) groups excluding carboxylic acids is 1. The van der Waals surface area contributed by atoms with Crippen LogP contribution in [0.4, 0.5) is 4.39 Å². The maximum atomic E-state index is 14.9. The van der Waals surface area contributed by atoms with Crippen LogP contribution in [-0.4, -0.2) is 20.8 Å². The van der Waals surface area contributed by atoms with Gasteiger partial charge in [0.25, 0.3) is 5.91 Å². The van der Waals surface area contributed by atoms with Crippen molar-refractivity contribution < 1.29 is 9.18 Å². The van der Waals surface area contributed by atoms with Crippen LogP contribution in [0, 0.1) is 5.82 Å². The lowest BCUT2D eigenvalue weighted by Crippen LogP contribution is -2.23. The maximum Gasteiger partial charge on any atom is 0.256 e. The van der Waals surface area contributed by atoms with Crippen LogP contribution in [0.25, 0.3) is 22.0 Å². The van der Waals surface area contributed by atoms with Crippen LogP contribution in [-0.2, 0) is 13.1 Å². The number of hydrogen-bond donors (Lipinski definition) is 0. The molecular weight excluding hydrogens is 377 g/mol. The van der Waals surface area contributed by atoms with E-state index < -0.39 is 0 Å². The van der Waals surface area contributed by atoms with Crippen molar-refractivity contribution >= 4 is 16.8 Å². The van der Waals surface area contributed by atoms with Crippen molar-refractivity contribution in [2.45, 2.75) is 26.9 Å². The Labute approximate surface area is 175 Å². The van der Waals surface area contributed by atoms with Gasteiger partial charge in [0.05, 0.1) is 23.3 Å². The third-order valence-electron chi connectivity index (χ3n) is 5.12. The average molecular weight is 399 g/mol. The first-order valence-electron chi connectivity index (χ1n) is 10.1. The van der Waals surface area contributed by atoms with Crippen LogP contribution in [0.5, 0.6) is 0 Å². The quantitative estimate of drug-likeness (QED) is 0.449. The van der Waals surface area contributed by atoms with E-state index >= 15 is 0 Å². The normalized spacial score (nSPS) is 12.5. The fraction of sp³-hybridized carbons (Fsp3) is 0.160. The number of aromatic nitrogens is 2. The number of pyridine rings is 2. The second-order valence-corrected chi connectivity index (χ2v) is 6.84. The van der Waals surface area contributed by atoms with Crippen molar-refractivity contribution in [3.8, 4) is 11.1 Å². The molecule has 4 nitrogen and oxygen atoms in total. The van der Waals surface area contributed by atoms with Gasteiger partial charge in [0.1, 0.15) is 5.82 Å². The Kier molecular flexibility index (Phi) is 5.53. The summed E-state index contributed by atoms with van der Waals surface area (Å²) >= 11 is 0. The monoisotopic (exact) mass is 399 g/mol. The summed E-state index contributed by atoms with van der Waals surface area (Å²) in [6.07, 6.45) is 3.42. The van der Waals surface area contributed by atoms with Gasteiger partial charge in [-0.15, -0.1) is 0 Å². The van der Waals surface area contributed by atoms with Gasteiger partial charge in [-0.25, -0.2) is 4.39 Å². The Morgan fingerprint density at radius 2 is 1.70 bits per heavy atom. The summed E-state index contributed by atoms with van der Waals surface area (Å²) in [5, 5.41) is 0.980. The van der Waals surface area contributed by atoms with E-state index in [1.54, 1.807) is 35.5 Å². The van der Waals surface area contributed by atoms with E-state index in [0.717, 1.165) is 27.7 Å². The Bertz CT molecular complexity index is 1220. The molecule has 1 amide bonds. The number of nitrogens with zero attached hydrogens (tertiary/aromatic N) is 3. The third-order valence-corrected chi connectivity index (χ3v) is 5.12. The number of hydrogen-bond acceptors (Lipinski definition) is 3. The number of halogens is 1. The van der Waals surface area contributed by atoms with E-state index in [2.05, 4.69) is 9.97 Å². The number of carbonyl (C=O) groups is 1. The zero-order chi connectivity index (χ0) is 21.1. The molecule has 2 aromatic heterocycles. The van der Waals surface area contributed by atoms with Gasteiger partial charge in [0, 0.05) is 29.9 Å². The van der Waals surface area contributed by atoms with E-state index in [-0.39, 0.29) is 18.3 Å². The lowest BCUT2D eigenvalue weighted by molar-refractivity contribution is 0.0765. The molecule has 0 unspecified atom stereocenters. The fourth-order valence-corrected chi connectivity index (χ4v) is 3.71. The summed E-state index contributed by atoms with van der Waals surface area (Å²) in [5.74, 6) is -0.429. The molecule has 0 aliphatic carbocycles. The van der Waals surface area contributed by atoms with Gasteiger partial charge in [-0.1, -0.05) is 44.2 Å². The second kappa shape index (κ2) is 8.41. The Morgan fingerprint density at radius 3 is 2.50 bits per heavy atom. The molecule has 30 heavy (non-hydrogen) atoms. The van der Waals surface area contributed by atoms with E-state index in [1.807, 2.05) is 50.2 Å². The highest BCUT2D eigenvalue weighted by atomic mass is 19.1. The molecule has 2 aromatic carbocycles. The molecule has 0 fully saturated rings. The number of fused-ring (bicyclic) bond motifs is 2. The topological polar surface area (TPSA) is 46.1 Å². The molecule has 0 atom stereocenters. The Balaban J connectivity index is 0.00000106. The number of rotatable bonds is 3. The highest BCUT2D eigenvalue weighted by molar-refractivity contribution is 5.97. The van der Waals surface area contributed by atoms with Crippen molar-refractivity contribution in [3.63, 3.8) is 0 Å². The highest BCUT2D eigenvalue weighted by Crippen LogP contribution is 2.30. The maximum absolute atomic E-state index is 14.9. The molecule has 0 N–H and O–H groups in total. The molecular formula is C25H22FN3O. The van der Waals surface area contributed by atoms with E-state index in [1.165, 1.54) is 6.07 Å². The first-order chi connectivity index (χ1) is 14.7. The first kappa shape index (κ1) is 19.7. The smallest absolute Gasteiger partial charge is 0.256 e. The molecule has 0 saturated heterocycles. The average Bonchev–Trinajstić information content (AvgIpc) is 3.11. The van der Waals surface area contributed by atoms with Crippen LogP contribution in [0.2, 0.25) is 0 Å². The van der Waals surface area contributed by atoms with Crippen LogP contribution in [0.3, 0.4) is 0 Å². The van der Waals surface area contributed by atoms with Gasteiger partial charge in [-0.05, 0) is 41.5 Å². The molecule has 0 spiro atoms. The zero-order valence-corrected chi connectivity index (χ0v) is 17.0. The molecule has 3 heterocycles.